The minimum atomic E-state index is -0.275. The molecule has 0 fully saturated rings. The molecule has 0 aliphatic carbocycles. The second-order valence-corrected chi connectivity index (χ2v) is 5.49. The van der Waals surface area contributed by atoms with Crippen LogP contribution in [0.15, 0.2) is 29.0 Å². The van der Waals surface area contributed by atoms with Crippen LogP contribution in [0.2, 0.25) is 0 Å². The van der Waals surface area contributed by atoms with Crippen molar-refractivity contribution in [1.82, 2.24) is 9.97 Å². The molecule has 1 amide bonds. The molecule has 0 aliphatic rings. The van der Waals surface area contributed by atoms with Gasteiger partial charge in [0.1, 0.15) is 11.5 Å². The monoisotopic (exact) mass is 348 g/mol. The number of amides is 1. The SMILES string of the molecule is CCNc1cncc(C(=O)Nc2cc(C)c(Br)c(C)c2)n1. The number of nitrogens with zero attached hydrogens (tertiary/aromatic N) is 2. The van der Waals surface area contributed by atoms with Gasteiger partial charge in [0.15, 0.2) is 0 Å². The summed E-state index contributed by atoms with van der Waals surface area (Å²) < 4.78 is 1.05. The summed E-state index contributed by atoms with van der Waals surface area (Å²) in [7, 11) is 0. The molecule has 6 heteroatoms. The van der Waals surface area contributed by atoms with Gasteiger partial charge >= 0.3 is 0 Å². The molecule has 0 bridgehead atoms. The number of rotatable bonds is 4. The summed E-state index contributed by atoms with van der Waals surface area (Å²) >= 11 is 3.51. The maximum atomic E-state index is 12.2. The van der Waals surface area contributed by atoms with E-state index in [0.717, 1.165) is 27.8 Å². The third-order valence-corrected chi connectivity index (χ3v) is 4.17. The highest BCUT2D eigenvalue weighted by Crippen LogP contribution is 2.25. The van der Waals surface area contributed by atoms with Crippen LogP contribution >= 0.6 is 15.9 Å². The van der Waals surface area contributed by atoms with E-state index in [0.29, 0.717) is 5.82 Å². The van der Waals surface area contributed by atoms with Crippen LogP contribution in [-0.2, 0) is 0 Å². The highest BCUT2D eigenvalue weighted by atomic mass is 79.9. The van der Waals surface area contributed by atoms with Crippen LogP contribution < -0.4 is 10.6 Å². The van der Waals surface area contributed by atoms with E-state index < -0.39 is 0 Å². The fourth-order valence-electron chi connectivity index (χ4n) is 1.95. The Balaban J connectivity index is 2.20. The first-order chi connectivity index (χ1) is 10.0. The number of aryl methyl sites for hydroxylation is 2. The molecule has 0 atom stereocenters. The highest BCUT2D eigenvalue weighted by molar-refractivity contribution is 9.10. The van der Waals surface area contributed by atoms with Crippen molar-refractivity contribution in [2.75, 3.05) is 17.2 Å². The zero-order valence-corrected chi connectivity index (χ0v) is 13.8. The summed E-state index contributed by atoms with van der Waals surface area (Å²) in [5.41, 5.74) is 3.16. The van der Waals surface area contributed by atoms with Crippen LogP contribution in [0.4, 0.5) is 11.5 Å². The number of hydrogen-bond donors (Lipinski definition) is 2. The standard InChI is InChI=1S/C15H17BrN4O/c1-4-18-13-8-17-7-12(20-13)15(21)19-11-5-9(2)14(16)10(3)6-11/h5-8H,4H2,1-3H3,(H,18,20)(H,19,21). The molecule has 110 valence electrons. The second-order valence-electron chi connectivity index (χ2n) is 4.70. The Hall–Kier alpha value is -1.95. The van der Waals surface area contributed by atoms with E-state index in [1.165, 1.54) is 6.20 Å². The Labute approximate surface area is 132 Å². The average Bonchev–Trinajstić information content (AvgIpc) is 2.45. The van der Waals surface area contributed by atoms with E-state index in [9.17, 15) is 4.79 Å². The minimum absolute atomic E-state index is 0.275. The zero-order chi connectivity index (χ0) is 15.4. The molecule has 2 rings (SSSR count). The Morgan fingerprint density at radius 2 is 1.90 bits per heavy atom. The van der Waals surface area contributed by atoms with Gasteiger partial charge in [-0.2, -0.15) is 0 Å². The van der Waals surface area contributed by atoms with Gasteiger partial charge in [0.2, 0.25) is 0 Å². The highest BCUT2D eigenvalue weighted by Gasteiger charge is 2.10. The summed E-state index contributed by atoms with van der Waals surface area (Å²) in [5.74, 6) is 0.316. The van der Waals surface area contributed by atoms with Crippen molar-refractivity contribution in [2.24, 2.45) is 0 Å². The fourth-order valence-corrected chi connectivity index (χ4v) is 2.18. The number of hydrogen-bond acceptors (Lipinski definition) is 4. The molecular formula is C15H17BrN4O. The van der Waals surface area contributed by atoms with Crippen molar-refractivity contribution in [1.29, 1.82) is 0 Å². The van der Waals surface area contributed by atoms with Crippen molar-refractivity contribution >= 4 is 33.3 Å². The van der Waals surface area contributed by atoms with Crippen molar-refractivity contribution in [3.8, 4) is 0 Å². The molecule has 21 heavy (non-hydrogen) atoms. The number of aromatic nitrogens is 2. The van der Waals surface area contributed by atoms with E-state index in [1.807, 2.05) is 32.9 Å². The predicted molar refractivity (Wildman–Crippen MR) is 87.8 cm³/mol. The number of nitrogens with one attached hydrogen (secondary N) is 2. The van der Waals surface area contributed by atoms with Gasteiger partial charge in [-0.05, 0) is 44.0 Å². The van der Waals surface area contributed by atoms with Crippen LogP contribution in [0, 0.1) is 13.8 Å². The molecule has 0 unspecified atom stereocenters. The number of carbonyl (C=O) groups excluding carboxylic acids is 1. The van der Waals surface area contributed by atoms with Crippen LogP contribution in [0.3, 0.4) is 0 Å². The third-order valence-electron chi connectivity index (χ3n) is 2.92. The number of carbonyl (C=O) groups is 1. The summed E-state index contributed by atoms with van der Waals surface area (Å²) in [6.45, 7) is 6.66. The van der Waals surface area contributed by atoms with Crippen molar-refractivity contribution < 1.29 is 4.79 Å². The zero-order valence-electron chi connectivity index (χ0n) is 12.2. The smallest absolute Gasteiger partial charge is 0.275 e. The molecule has 0 radical (unpaired) electrons. The Morgan fingerprint density at radius 3 is 2.52 bits per heavy atom. The van der Waals surface area contributed by atoms with Gasteiger partial charge in [0.25, 0.3) is 5.91 Å². The largest absolute Gasteiger partial charge is 0.369 e. The van der Waals surface area contributed by atoms with Crippen LogP contribution in [0.25, 0.3) is 0 Å². The molecule has 0 saturated heterocycles. The van der Waals surface area contributed by atoms with Crippen molar-refractivity contribution in [2.45, 2.75) is 20.8 Å². The van der Waals surface area contributed by atoms with E-state index >= 15 is 0 Å². The lowest BCUT2D eigenvalue weighted by Crippen LogP contribution is -2.15. The van der Waals surface area contributed by atoms with Gasteiger partial charge in [0.05, 0.1) is 12.4 Å². The molecule has 2 aromatic rings. The topological polar surface area (TPSA) is 66.9 Å². The Morgan fingerprint density at radius 1 is 1.24 bits per heavy atom. The summed E-state index contributed by atoms with van der Waals surface area (Å²) in [6, 6.07) is 3.83. The van der Waals surface area contributed by atoms with E-state index in [4.69, 9.17) is 0 Å². The van der Waals surface area contributed by atoms with Crippen LogP contribution in [0.5, 0.6) is 0 Å². The Kier molecular flexibility index (Phi) is 4.90. The average molecular weight is 349 g/mol. The number of anilines is 2. The molecule has 1 aromatic carbocycles. The first-order valence-corrected chi connectivity index (χ1v) is 7.44. The quantitative estimate of drug-likeness (QED) is 0.886. The predicted octanol–water partition coefficient (Wildman–Crippen LogP) is 3.54. The molecule has 0 saturated carbocycles. The molecule has 1 aromatic heterocycles. The first-order valence-electron chi connectivity index (χ1n) is 6.65. The molecule has 2 N–H and O–H groups in total. The molecule has 0 aliphatic heterocycles. The molecule has 0 spiro atoms. The van der Waals surface area contributed by atoms with Gasteiger partial charge in [-0.25, -0.2) is 4.98 Å². The minimum Gasteiger partial charge on any atom is -0.369 e. The lowest BCUT2D eigenvalue weighted by atomic mass is 10.1. The van der Waals surface area contributed by atoms with Gasteiger partial charge in [-0.15, -0.1) is 0 Å². The lowest BCUT2D eigenvalue weighted by molar-refractivity contribution is 0.102. The van der Waals surface area contributed by atoms with E-state index in [-0.39, 0.29) is 11.6 Å². The number of benzene rings is 1. The summed E-state index contributed by atoms with van der Waals surface area (Å²) in [5, 5.41) is 5.88. The molecule has 1 heterocycles. The third kappa shape index (κ3) is 3.78. The second kappa shape index (κ2) is 6.67. The van der Waals surface area contributed by atoms with E-state index in [1.54, 1.807) is 6.20 Å². The Bertz CT molecular complexity index is 649. The summed E-state index contributed by atoms with van der Waals surface area (Å²) in [4.78, 5) is 20.5. The van der Waals surface area contributed by atoms with Crippen LogP contribution in [-0.4, -0.2) is 22.4 Å². The van der Waals surface area contributed by atoms with Crippen molar-refractivity contribution in [3.63, 3.8) is 0 Å². The van der Waals surface area contributed by atoms with Gasteiger partial charge in [0, 0.05) is 16.7 Å². The maximum absolute atomic E-state index is 12.2. The van der Waals surface area contributed by atoms with Gasteiger partial charge in [-0.3, -0.25) is 9.78 Å². The lowest BCUT2D eigenvalue weighted by Gasteiger charge is -2.10. The normalized spacial score (nSPS) is 10.3. The van der Waals surface area contributed by atoms with Gasteiger partial charge < -0.3 is 10.6 Å². The molecule has 5 nitrogen and oxygen atoms in total. The summed E-state index contributed by atoms with van der Waals surface area (Å²) in [6.07, 6.45) is 3.04. The van der Waals surface area contributed by atoms with Crippen molar-refractivity contribution in [3.05, 3.63) is 45.8 Å². The number of halogens is 1. The fraction of sp³-hybridized carbons (Fsp3) is 0.267. The van der Waals surface area contributed by atoms with E-state index in [2.05, 4.69) is 36.5 Å². The molecular weight excluding hydrogens is 332 g/mol. The van der Waals surface area contributed by atoms with Crippen LogP contribution in [0.1, 0.15) is 28.5 Å². The van der Waals surface area contributed by atoms with Gasteiger partial charge in [-0.1, -0.05) is 15.9 Å². The first kappa shape index (κ1) is 15.4. The maximum Gasteiger partial charge on any atom is 0.275 e.